The van der Waals surface area contributed by atoms with Crippen LogP contribution < -0.4 is 19.7 Å². The number of para-hydroxylation sites is 1. The fourth-order valence-corrected chi connectivity index (χ4v) is 5.11. The highest BCUT2D eigenvalue weighted by molar-refractivity contribution is 5.92. The van der Waals surface area contributed by atoms with Crippen molar-refractivity contribution in [2.75, 3.05) is 59.1 Å². The molecule has 0 aromatic heterocycles. The number of nitrogens with one attached hydrogen (secondary N) is 1. The molecule has 0 aliphatic carbocycles. The van der Waals surface area contributed by atoms with Gasteiger partial charge in [0, 0.05) is 44.3 Å². The molecule has 1 aliphatic heterocycles. The highest BCUT2D eigenvalue weighted by Gasteiger charge is 2.27. The number of amides is 1. The van der Waals surface area contributed by atoms with Crippen molar-refractivity contribution in [3.05, 3.63) is 89.5 Å². The van der Waals surface area contributed by atoms with E-state index in [0.29, 0.717) is 45.4 Å². The summed E-state index contributed by atoms with van der Waals surface area (Å²) in [5.41, 5.74) is 4.20. The number of ether oxygens (including phenoxy) is 5. The van der Waals surface area contributed by atoms with Crippen LogP contribution in [0.4, 0.5) is 5.69 Å². The van der Waals surface area contributed by atoms with Gasteiger partial charge in [0.15, 0.2) is 0 Å². The Kier molecular flexibility index (Phi) is 12.7. The van der Waals surface area contributed by atoms with Crippen LogP contribution in [0.25, 0.3) is 0 Å². The zero-order valence-corrected chi connectivity index (χ0v) is 25.1. The van der Waals surface area contributed by atoms with Crippen LogP contribution in [0.1, 0.15) is 41.9 Å². The highest BCUT2D eigenvalue weighted by Crippen LogP contribution is 2.30. The lowest BCUT2D eigenvalue weighted by molar-refractivity contribution is -0.119. The van der Waals surface area contributed by atoms with Gasteiger partial charge in [0.2, 0.25) is 5.91 Å². The molecule has 2 unspecified atom stereocenters. The summed E-state index contributed by atoms with van der Waals surface area (Å²) in [5.74, 6) is 2.02. The summed E-state index contributed by atoms with van der Waals surface area (Å²) in [6.45, 7) is 4.39. The number of nitrogens with zero attached hydrogens (tertiary/aromatic N) is 1. The number of carbonyl (C=O) groups is 1. The van der Waals surface area contributed by atoms with Crippen molar-refractivity contribution in [2.45, 2.75) is 44.5 Å². The first-order chi connectivity index (χ1) is 20.6. The molecule has 226 valence electrons. The summed E-state index contributed by atoms with van der Waals surface area (Å²) in [7, 11) is 5.07. The van der Waals surface area contributed by atoms with Crippen LogP contribution in [-0.2, 0) is 32.2 Å². The molecule has 1 heterocycles. The fraction of sp³-hybridized carbons (Fsp3) is 0.441. The average molecular weight is 577 g/mol. The third kappa shape index (κ3) is 9.29. The molecule has 4 rings (SSSR count). The Balaban J connectivity index is 1.23. The van der Waals surface area contributed by atoms with E-state index < -0.39 is 0 Å². The molecular weight excluding hydrogens is 532 g/mol. The number of rotatable bonds is 16. The molecule has 1 amide bonds. The quantitative estimate of drug-likeness (QED) is 0.231. The van der Waals surface area contributed by atoms with E-state index in [-0.39, 0.29) is 12.0 Å². The molecule has 8 heteroatoms. The van der Waals surface area contributed by atoms with E-state index in [1.165, 1.54) is 5.56 Å². The van der Waals surface area contributed by atoms with Crippen LogP contribution in [0.3, 0.4) is 0 Å². The molecule has 1 N–H and O–H groups in total. The molecule has 2 atom stereocenters. The standard InChI is InChI=1S/C34H44N2O6/c1-36(34(37)17-21-38-2)29-10-6-8-26(22-29)24-42-33-23-35-18-16-31(33)27-12-14-30(15-13-27)41-20-7-19-40-25-28-9-4-5-11-32(28)39-3/h4-6,8-15,22,31,33,35H,7,16-21,23-25H2,1-3H3. The number of methoxy groups -OCH3 is 2. The Morgan fingerprint density at radius 1 is 0.952 bits per heavy atom. The second-order valence-electron chi connectivity index (χ2n) is 10.4. The van der Waals surface area contributed by atoms with E-state index in [9.17, 15) is 4.79 Å². The van der Waals surface area contributed by atoms with Gasteiger partial charge in [-0.1, -0.05) is 42.5 Å². The van der Waals surface area contributed by atoms with Crippen LogP contribution in [0.5, 0.6) is 11.5 Å². The van der Waals surface area contributed by atoms with Crippen LogP contribution >= 0.6 is 0 Å². The van der Waals surface area contributed by atoms with Gasteiger partial charge < -0.3 is 33.9 Å². The Morgan fingerprint density at radius 2 is 1.79 bits per heavy atom. The maximum absolute atomic E-state index is 12.4. The minimum atomic E-state index is 0.0244. The first kappa shape index (κ1) is 31.5. The second-order valence-corrected chi connectivity index (χ2v) is 10.4. The third-order valence-corrected chi connectivity index (χ3v) is 7.54. The van der Waals surface area contributed by atoms with Gasteiger partial charge in [0.25, 0.3) is 0 Å². The molecular formula is C34H44N2O6. The van der Waals surface area contributed by atoms with Crippen LogP contribution in [0, 0.1) is 0 Å². The van der Waals surface area contributed by atoms with Crippen molar-refractivity contribution in [1.29, 1.82) is 0 Å². The first-order valence-corrected chi connectivity index (χ1v) is 14.7. The minimum Gasteiger partial charge on any atom is -0.496 e. The topological polar surface area (TPSA) is 78.5 Å². The van der Waals surface area contributed by atoms with Gasteiger partial charge >= 0.3 is 0 Å². The summed E-state index contributed by atoms with van der Waals surface area (Å²) in [6, 6.07) is 24.3. The van der Waals surface area contributed by atoms with Crippen molar-refractivity contribution in [3.63, 3.8) is 0 Å². The Labute approximate surface area is 249 Å². The maximum atomic E-state index is 12.4. The van der Waals surface area contributed by atoms with E-state index in [0.717, 1.165) is 54.2 Å². The molecule has 1 fully saturated rings. The first-order valence-electron chi connectivity index (χ1n) is 14.7. The van der Waals surface area contributed by atoms with Crippen molar-refractivity contribution in [1.82, 2.24) is 5.32 Å². The SMILES string of the molecule is COCCC(=O)N(C)c1cccc(COC2CNCCC2c2ccc(OCCCOCc3ccccc3OC)cc2)c1. The van der Waals surface area contributed by atoms with E-state index in [2.05, 4.69) is 17.4 Å². The molecule has 0 radical (unpaired) electrons. The van der Waals surface area contributed by atoms with Crippen molar-refractivity contribution < 1.29 is 28.5 Å². The number of anilines is 1. The van der Waals surface area contributed by atoms with Crippen molar-refractivity contribution in [2.24, 2.45) is 0 Å². The Bertz CT molecular complexity index is 1230. The van der Waals surface area contributed by atoms with Crippen LogP contribution in [-0.4, -0.2) is 66.2 Å². The maximum Gasteiger partial charge on any atom is 0.229 e. The number of piperidine rings is 1. The summed E-state index contributed by atoms with van der Waals surface area (Å²) < 4.78 is 28.6. The molecule has 3 aromatic carbocycles. The predicted molar refractivity (Wildman–Crippen MR) is 164 cm³/mol. The number of carbonyl (C=O) groups excluding carboxylic acids is 1. The fourth-order valence-electron chi connectivity index (χ4n) is 5.11. The minimum absolute atomic E-state index is 0.0244. The number of hydrogen-bond donors (Lipinski definition) is 1. The average Bonchev–Trinajstić information content (AvgIpc) is 3.04. The van der Waals surface area contributed by atoms with E-state index in [4.69, 9.17) is 23.7 Å². The molecule has 0 spiro atoms. The van der Waals surface area contributed by atoms with Crippen molar-refractivity contribution in [3.8, 4) is 11.5 Å². The molecule has 0 bridgehead atoms. The lowest BCUT2D eigenvalue weighted by Gasteiger charge is -2.32. The zero-order chi connectivity index (χ0) is 29.6. The molecule has 1 saturated heterocycles. The number of hydrogen-bond acceptors (Lipinski definition) is 7. The number of benzene rings is 3. The molecule has 0 saturated carbocycles. The summed E-state index contributed by atoms with van der Waals surface area (Å²) >= 11 is 0. The van der Waals surface area contributed by atoms with Gasteiger partial charge in [-0.3, -0.25) is 4.79 Å². The molecule has 1 aliphatic rings. The summed E-state index contributed by atoms with van der Waals surface area (Å²) in [6.07, 6.45) is 2.21. The van der Waals surface area contributed by atoms with Gasteiger partial charge in [0.05, 0.1) is 52.7 Å². The lowest BCUT2D eigenvalue weighted by Crippen LogP contribution is -2.40. The molecule has 8 nitrogen and oxygen atoms in total. The second kappa shape index (κ2) is 16.9. The third-order valence-electron chi connectivity index (χ3n) is 7.54. The lowest BCUT2D eigenvalue weighted by atomic mass is 9.87. The Hall–Kier alpha value is -3.43. The molecule has 3 aromatic rings. The summed E-state index contributed by atoms with van der Waals surface area (Å²) in [5, 5.41) is 3.47. The van der Waals surface area contributed by atoms with E-state index in [1.807, 2.05) is 60.7 Å². The van der Waals surface area contributed by atoms with Gasteiger partial charge in [0.1, 0.15) is 11.5 Å². The van der Waals surface area contributed by atoms with E-state index >= 15 is 0 Å². The van der Waals surface area contributed by atoms with Gasteiger partial charge in [-0.05, 0) is 54.4 Å². The van der Waals surface area contributed by atoms with Crippen LogP contribution in [0.2, 0.25) is 0 Å². The molecule has 42 heavy (non-hydrogen) atoms. The van der Waals surface area contributed by atoms with Crippen LogP contribution in [0.15, 0.2) is 72.8 Å². The summed E-state index contributed by atoms with van der Waals surface area (Å²) in [4.78, 5) is 14.1. The highest BCUT2D eigenvalue weighted by atomic mass is 16.5. The largest absolute Gasteiger partial charge is 0.496 e. The Morgan fingerprint density at radius 3 is 2.60 bits per heavy atom. The predicted octanol–water partition coefficient (Wildman–Crippen LogP) is 5.34. The van der Waals surface area contributed by atoms with Gasteiger partial charge in [-0.15, -0.1) is 0 Å². The smallest absolute Gasteiger partial charge is 0.229 e. The van der Waals surface area contributed by atoms with Gasteiger partial charge in [-0.2, -0.15) is 0 Å². The zero-order valence-electron chi connectivity index (χ0n) is 25.1. The monoisotopic (exact) mass is 576 g/mol. The van der Waals surface area contributed by atoms with Gasteiger partial charge in [-0.25, -0.2) is 0 Å². The normalized spacial score (nSPS) is 16.6. The van der Waals surface area contributed by atoms with Crippen molar-refractivity contribution >= 4 is 11.6 Å². The van der Waals surface area contributed by atoms with E-state index in [1.54, 1.807) is 26.2 Å².